The number of pyridine rings is 2. The fourth-order valence-electron chi connectivity index (χ4n) is 13.4. The number of aromatic nitrogens is 6. The van der Waals surface area contributed by atoms with Crippen LogP contribution in [0, 0.1) is 41.5 Å². The second kappa shape index (κ2) is 17.2. The van der Waals surface area contributed by atoms with Gasteiger partial charge in [0.1, 0.15) is 11.4 Å². The molecule has 6 heterocycles. The lowest BCUT2D eigenvalue weighted by molar-refractivity contribution is 0.961. The number of benzene rings is 10. The lowest BCUT2D eigenvalue weighted by atomic mass is 9.92. The number of aryl methyl sites for hydroxylation is 6. The molecule has 0 unspecified atom stereocenters. The molecule has 16 aromatic rings. The zero-order valence-electron chi connectivity index (χ0n) is 45.5. The first-order valence-corrected chi connectivity index (χ1v) is 27.7. The van der Waals surface area contributed by atoms with Crippen molar-refractivity contribution in [3.05, 3.63) is 252 Å². The van der Waals surface area contributed by atoms with Crippen molar-refractivity contribution in [3.8, 4) is 45.3 Å². The van der Waals surface area contributed by atoms with E-state index in [1.165, 1.54) is 87.2 Å². The molecule has 0 bridgehead atoms. The topological polar surface area (TPSA) is 45.5 Å². The van der Waals surface area contributed by atoms with Crippen molar-refractivity contribution in [1.82, 2.24) is 28.2 Å². The van der Waals surface area contributed by atoms with Crippen LogP contribution in [0.1, 0.15) is 33.4 Å². The van der Waals surface area contributed by atoms with Crippen LogP contribution < -0.4 is 0 Å². The molecule has 10 aromatic carbocycles. The van der Waals surface area contributed by atoms with Crippen LogP contribution in [0.15, 0.2) is 219 Å². The largest absolute Gasteiger partial charge is 0.305 e. The van der Waals surface area contributed by atoms with Gasteiger partial charge >= 0.3 is 0 Å². The summed E-state index contributed by atoms with van der Waals surface area (Å²) in [4.78, 5) is 11.1. The predicted molar refractivity (Wildman–Crippen MR) is 336 cm³/mol. The van der Waals surface area contributed by atoms with Gasteiger partial charge in [0.25, 0.3) is 0 Å². The Balaban J connectivity index is 1.26. The molecule has 0 N–H and O–H groups in total. The van der Waals surface area contributed by atoms with Gasteiger partial charge in [0.2, 0.25) is 0 Å². The number of hydrogen-bond donors (Lipinski definition) is 0. The molecule has 0 saturated carbocycles. The average molecular weight is 1030 g/mol. The van der Waals surface area contributed by atoms with Gasteiger partial charge in [-0.25, -0.2) is 4.98 Å². The van der Waals surface area contributed by atoms with Crippen molar-refractivity contribution < 1.29 is 0 Å². The molecule has 0 spiro atoms. The number of fused-ring (bicyclic) bond motifs is 13. The van der Waals surface area contributed by atoms with Crippen LogP contribution in [0.25, 0.3) is 143 Å². The summed E-state index contributed by atoms with van der Waals surface area (Å²) >= 11 is 0. The number of hydrogen-bond acceptors (Lipinski definition) is 2. The Morgan fingerprint density at radius 2 is 0.625 bits per heavy atom. The van der Waals surface area contributed by atoms with E-state index < -0.39 is 0 Å². The summed E-state index contributed by atoms with van der Waals surface area (Å²) in [6.45, 7) is 13.2. The van der Waals surface area contributed by atoms with Gasteiger partial charge in [-0.15, -0.1) is 0 Å². The molecular weight excluding hydrogens is 973 g/mol. The Bertz CT molecular complexity index is 5130. The Hall–Kier alpha value is -10.0. The quantitative estimate of drug-likeness (QED) is 0.167. The Labute approximate surface area is 462 Å². The van der Waals surface area contributed by atoms with Crippen LogP contribution in [0.2, 0.25) is 0 Å². The van der Waals surface area contributed by atoms with E-state index in [2.05, 4.69) is 271 Å². The molecule has 80 heavy (non-hydrogen) atoms. The van der Waals surface area contributed by atoms with E-state index in [1.807, 2.05) is 12.4 Å². The Morgan fingerprint density at radius 3 is 1.09 bits per heavy atom. The highest BCUT2D eigenvalue weighted by Crippen LogP contribution is 2.51. The highest BCUT2D eigenvalue weighted by atomic mass is 15.2. The van der Waals surface area contributed by atoms with Gasteiger partial charge in [0.05, 0.1) is 44.1 Å². The molecule has 380 valence electrons. The van der Waals surface area contributed by atoms with Crippen molar-refractivity contribution in [3.63, 3.8) is 0 Å². The van der Waals surface area contributed by atoms with E-state index in [0.717, 1.165) is 89.4 Å². The Morgan fingerprint density at radius 1 is 0.275 bits per heavy atom. The molecule has 16 rings (SSSR count). The van der Waals surface area contributed by atoms with Gasteiger partial charge in [-0.3, -0.25) is 14.1 Å². The lowest BCUT2D eigenvalue weighted by Gasteiger charge is -2.28. The zero-order chi connectivity index (χ0) is 53.7. The van der Waals surface area contributed by atoms with Crippen LogP contribution in [0.4, 0.5) is 0 Å². The Kier molecular flexibility index (Phi) is 9.93. The van der Waals surface area contributed by atoms with E-state index in [-0.39, 0.29) is 0 Å². The van der Waals surface area contributed by atoms with Crippen molar-refractivity contribution in [2.45, 2.75) is 41.5 Å². The maximum absolute atomic E-state index is 6.55. The van der Waals surface area contributed by atoms with Crippen molar-refractivity contribution in [1.29, 1.82) is 0 Å². The summed E-state index contributed by atoms with van der Waals surface area (Å²) in [7, 11) is 0. The van der Waals surface area contributed by atoms with Crippen LogP contribution in [-0.2, 0) is 0 Å². The first-order valence-electron chi connectivity index (χ1n) is 27.7. The minimum Gasteiger partial charge on any atom is -0.305 e. The smallest absolute Gasteiger partial charge is 0.165 e. The molecule has 6 heteroatoms. The third-order valence-corrected chi connectivity index (χ3v) is 16.9. The predicted octanol–water partition coefficient (Wildman–Crippen LogP) is 19.2. The van der Waals surface area contributed by atoms with Crippen molar-refractivity contribution in [2.24, 2.45) is 0 Å². The van der Waals surface area contributed by atoms with Gasteiger partial charge in [0, 0.05) is 61.0 Å². The average Bonchev–Trinajstić information content (AvgIpc) is 4.01. The molecule has 0 aliphatic heterocycles. The minimum absolute atomic E-state index is 0.813. The van der Waals surface area contributed by atoms with Crippen LogP contribution in [0.3, 0.4) is 0 Å². The molecule has 6 nitrogen and oxygen atoms in total. The highest BCUT2D eigenvalue weighted by Gasteiger charge is 2.34. The molecule has 0 saturated heterocycles. The summed E-state index contributed by atoms with van der Waals surface area (Å²) in [5, 5.41) is 11.8. The van der Waals surface area contributed by atoms with Gasteiger partial charge in [-0.1, -0.05) is 137 Å². The summed E-state index contributed by atoms with van der Waals surface area (Å²) in [5.74, 6) is 1.63. The fourth-order valence-corrected chi connectivity index (χ4v) is 13.4. The van der Waals surface area contributed by atoms with Gasteiger partial charge in [0.15, 0.2) is 11.6 Å². The molecule has 0 aliphatic rings. The minimum atomic E-state index is 0.813. The molecule has 0 aliphatic carbocycles. The molecule has 0 fully saturated rings. The highest BCUT2D eigenvalue weighted by molar-refractivity contribution is 6.18. The SMILES string of the molecule is Cc1ccc2c(c1)c1cc(C)ccc1n2-c1nc(-n2c3ccc(C)cc3c3cc(C)ccc32)c(-n2c3ccccc3c3cc4ccccc4cc32)c(-c2ccccc2-c2ccncc2)c1-n1c2ccc(C)cc2c2cc(C)ccc21. The van der Waals surface area contributed by atoms with Crippen LogP contribution in [-0.4, -0.2) is 28.2 Å². The second-order valence-corrected chi connectivity index (χ2v) is 22.3. The number of nitrogens with zero attached hydrogens (tertiary/aromatic N) is 6. The maximum Gasteiger partial charge on any atom is 0.165 e. The lowest BCUT2D eigenvalue weighted by Crippen LogP contribution is -2.16. The van der Waals surface area contributed by atoms with E-state index in [4.69, 9.17) is 4.98 Å². The standard InChI is InChI=1S/C74H54N6/c1-43-19-25-63-55(35-43)56-36-44(2)20-26-64(56)77(63)71-70(54-17-10-9-15-52(54)49-31-33-75-34-32-49)72(78-62-18-12-11-16-53(62)61-41-50-13-7-8-14-51(50)42-69(61)78)74(80-67-29-23-47(5)39-59(67)60-40-48(6)24-30-68(60)80)76-73(71)79-65-27-21-45(3)37-57(65)58-38-46(4)22-28-66(58)79/h7-42H,1-6H3. The van der Waals surface area contributed by atoms with Crippen molar-refractivity contribution in [2.75, 3.05) is 0 Å². The monoisotopic (exact) mass is 1030 g/mol. The van der Waals surface area contributed by atoms with Gasteiger partial charge in [-0.05, 0) is 172 Å². The third kappa shape index (κ3) is 6.72. The number of rotatable bonds is 6. The van der Waals surface area contributed by atoms with Crippen LogP contribution in [0.5, 0.6) is 0 Å². The molecule has 0 radical (unpaired) electrons. The first kappa shape index (κ1) is 46.1. The maximum atomic E-state index is 6.55. The summed E-state index contributed by atoms with van der Waals surface area (Å²) < 4.78 is 10.1. The number of para-hydroxylation sites is 1. The van der Waals surface area contributed by atoms with E-state index in [0.29, 0.717) is 0 Å². The molecule has 0 amide bonds. The van der Waals surface area contributed by atoms with E-state index in [9.17, 15) is 0 Å². The first-order chi connectivity index (χ1) is 39.1. The van der Waals surface area contributed by atoms with Gasteiger partial charge < -0.3 is 9.13 Å². The second-order valence-electron chi connectivity index (χ2n) is 22.3. The van der Waals surface area contributed by atoms with Crippen molar-refractivity contribution >= 4 is 98.0 Å². The molecule has 6 aromatic heterocycles. The van der Waals surface area contributed by atoms with E-state index >= 15 is 0 Å². The zero-order valence-corrected chi connectivity index (χ0v) is 45.5. The summed E-state index contributed by atoms with van der Waals surface area (Å²) in [6, 6.07) is 77.5. The molecular formula is C74H54N6. The van der Waals surface area contributed by atoms with E-state index in [1.54, 1.807) is 0 Å². The van der Waals surface area contributed by atoms with Gasteiger partial charge in [-0.2, -0.15) is 0 Å². The normalized spacial score (nSPS) is 12.1. The fraction of sp³-hybridized carbons (Fsp3) is 0.0811. The summed E-state index contributed by atoms with van der Waals surface area (Å²) in [5.41, 5.74) is 22.1. The molecule has 0 atom stereocenters. The summed E-state index contributed by atoms with van der Waals surface area (Å²) in [6.07, 6.45) is 3.83. The van der Waals surface area contributed by atoms with Crippen LogP contribution >= 0.6 is 0 Å². The third-order valence-electron chi connectivity index (χ3n) is 16.9.